The highest BCUT2D eigenvalue weighted by Crippen LogP contribution is 2.25. The van der Waals surface area contributed by atoms with Crippen LogP contribution in [0.25, 0.3) is 0 Å². The topological polar surface area (TPSA) is 74.7 Å². The van der Waals surface area contributed by atoms with Crippen LogP contribution in [0.2, 0.25) is 0 Å². The van der Waals surface area contributed by atoms with Gasteiger partial charge in [0.2, 0.25) is 0 Å². The van der Waals surface area contributed by atoms with E-state index in [1.165, 1.54) is 11.1 Å². The Morgan fingerprint density at radius 1 is 1.26 bits per heavy atom. The molecule has 0 spiro atoms. The first-order valence-electron chi connectivity index (χ1n) is 6.25. The van der Waals surface area contributed by atoms with Crippen molar-refractivity contribution in [1.82, 2.24) is 4.98 Å². The van der Waals surface area contributed by atoms with E-state index in [0.29, 0.717) is 23.1 Å². The molecule has 0 bridgehead atoms. The number of fused-ring (bicyclic) bond motifs is 1. The van der Waals surface area contributed by atoms with Gasteiger partial charge >= 0.3 is 0 Å². The number of anilines is 2. The van der Waals surface area contributed by atoms with E-state index in [9.17, 15) is 0 Å². The lowest BCUT2D eigenvalue weighted by Gasteiger charge is -2.14. The third-order valence-corrected chi connectivity index (χ3v) is 3.44. The standard InChI is InChI=1S/C15H14N4/c16-8-10-5-14(17)15(18-9-10)19-13-6-11-3-1-2-4-12(11)7-13/h1-5,9,13H,6-7,17H2,(H,18,19). The molecule has 3 rings (SSSR count). The van der Waals surface area contributed by atoms with Gasteiger partial charge in [-0.25, -0.2) is 4.98 Å². The Bertz CT molecular complexity index is 632. The molecule has 0 atom stereocenters. The molecule has 2 aromatic rings. The second-order valence-corrected chi connectivity index (χ2v) is 4.79. The van der Waals surface area contributed by atoms with Crippen molar-refractivity contribution < 1.29 is 0 Å². The molecular weight excluding hydrogens is 236 g/mol. The van der Waals surface area contributed by atoms with Crippen LogP contribution in [0.3, 0.4) is 0 Å². The number of aromatic nitrogens is 1. The van der Waals surface area contributed by atoms with Gasteiger partial charge in [0.05, 0.1) is 11.3 Å². The molecule has 1 heterocycles. The Labute approximate surface area is 111 Å². The molecule has 3 N–H and O–H groups in total. The quantitative estimate of drug-likeness (QED) is 0.856. The normalized spacial score (nSPS) is 13.8. The summed E-state index contributed by atoms with van der Waals surface area (Å²) in [5.74, 6) is 0.664. The SMILES string of the molecule is N#Cc1cnc(NC2Cc3ccccc3C2)c(N)c1. The predicted octanol–water partition coefficient (Wildman–Crippen LogP) is 2.11. The zero-order chi connectivity index (χ0) is 13.2. The minimum absolute atomic E-state index is 0.320. The number of benzene rings is 1. The number of nitrogen functional groups attached to an aromatic ring is 1. The van der Waals surface area contributed by atoms with Crippen molar-refractivity contribution in [2.45, 2.75) is 18.9 Å². The van der Waals surface area contributed by atoms with Gasteiger partial charge in [-0.2, -0.15) is 5.26 Å². The maximum absolute atomic E-state index is 8.79. The molecule has 0 radical (unpaired) electrons. The van der Waals surface area contributed by atoms with Crippen molar-refractivity contribution in [2.75, 3.05) is 11.1 Å². The maximum atomic E-state index is 8.79. The molecule has 0 aliphatic heterocycles. The fraction of sp³-hybridized carbons (Fsp3) is 0.200. The van der Waals surface area contributed by atoms with E-state index in [2.05, 4.69) is 34.6 Å². The van der Waals surface area contributed by atoms with Gasteiger partial charge in [-0.1, -0.05) is 24.3 Å². The Balaban J connectivity index is 1.76. The molecule has 0 amide bonds. The van der Waals surface area contributed by atoms with Crippen molar-refractivity contribution in [3.05, 3.63) is 53.2 Å². The van der Waals surface area contributed by atoms with Crippen LogP contribution in [0.4, 0.5) is 11.5 Å². The van der Waals surface area contributed by atoms with E-state index in [0.717, 1.165) is 12.8 Å². The minimum Gasteiger partial charge on any atom is -0.396 e. The third-order valence-electron chi connectivity index (χ3n) is 3.44. The average molecular weight is 250 g/mol. The summed E-state index contributed by atoms with van der Waals surface area (Å²) in [4.78, 5) is 4.22. The van der Waals surface area contributed by atoms with Crippen LogP contribution in [-0.4, -0.2) is 11.0 Å². The molecule has 1 aromatic heterocycles. The van der Waals surface area contributed by atoms with E-state index < -0.39 is 0 Å². The van der Waals surface area contributed by atoms with Gasteiger partial charge < -0.3 is 11.1 Å². The molecule has 0 fully saturated rings. The van der Waals surface area contributed by atoms with E-state index in [-0.39, 0.29) is 0 Å². The predicted molar refractivity (Wildman–Crippen MR) is 74.6 cm³/mol. The Hall–Kier alpha value is -2.54. The second-order valence-electron chi connectivity index (χ2n) is 4.79. The van der Waals surface area contributed by atoms with Gasteiger partial charge in [0.25, 0.3) is 0 Å². The van der Waals surface area contributed by atoms with Crippen molar-refractivity contribution in [1.29, 1.82) is 5.26 Å². The van der Waals surface area contributed by atoms with Crippen molar-refractivity contribution in [3.8, 4) is 6.07 Å². The van der Waals surface area contributed by atoms with Crippen LogP contribution in [0.1, 0.15) is 16.7 Å². The maximum Gasteiger partial charge on any atom is 0.149 e. The number of pyridine rings is 1. The van der Waals surface area contributed by atoms with E-state index in [1.807, 2.05) is 6.07 Å². The van der Waals surface area contributed by atoms with E-state index in [1.54, 1.807) is 12.3 Å². The molecule has 0 saturated carbocycles. The lowest BCUT2D eigenvalue weighted by Crippen LogP contribution is -2.21. The summed E-state index contributed by atoms with van der Waals surface area (Å²) in [7, 11) is 0. The largest absolute Gasteiger partial charge is 0.396 e. The van der Waals surface area contributed by atoms with Crippen LogP contribution >= 0.6 is 0 Å². The molecule has 1 aliphatic rings. The van der Waals surface area contributed by atoms with Gasteiger partial charge in [-0.15, -0.1) is 0 Å². The first-order valence-corrected chi connectivity index (χ1v) is 6.25. The minimum atomic E-state index is 0.320. The van der Waals surface area contributed by atoms with Crippen molar-refractivity contribution in [2.24, 2.45) is 0 Å². The van der Waals surface area contributed by atoms with Crippen LogP contribution in [0, 0.1) is 11.3 Å². The summed E-state index contributed by atoms with van der Waals surface area (Å²) in [6, 6.07) is 12.5. The van der Waals surface area contributed by atoms with Crippen LogP contribution < -0.4 is 11.1 Å². The smallest absolute Gasteiger partial charge is 0.149 e. The highest BCUT2D eigenvalue weighted by molar-refractivity contribution is 5.63. The second kappa shape index (κ2) is 4.62. The highest BCUT2D eigenvalue weighted by atomic mass is 15.0. The Morgan fingerprint density at radius 3 is 2.53 bits per heavy atom. The average Bonchev–Trinajstić information content (AvgIpc) is 2.83. The number of nitriles is 1. The van der Waals surface area contributed by atoms with Gasteiger partial charge in [0, 0.05) is 12.2 Å². The zero-order valence-electron chi connectivity index (χ0n) is 10.4. The molecule has 0 saturated heterocycles. The molecule has 4 heteroatoms. The summed E-state index contributed by atoms with van der Waals surface area (Å²) >= 11 is 0. The van der Waals surface area contributed by atoms with Gasteiger partial charge in [-0.05, 0) is 30.0 Å². The Kier molecular flexibility index (Phi) is 2.81. The monoisotopic (exact) mass is 250 g/mol. The van der Waals surface area contributed by atoms with Gasteiger partial charge in [0.1, 0.15) is 11.9 Å². The number of nitrogens with zero attached hydrogens (tertiary/aromatic N) is 2. The number of hydrogen-bond donors (Lipinski definition) is 2. The zero-order valence-corrected chi connectivity index (χ0v) is 10.4. The van der Waals surface area contributed by atoms with Crippen molar-refractivity contribution >= 4 is 11.5 Å². The van der Waals surface area contributed by atoms with Crippen LogP contribution in [0.15, 0.2) is 36.5 Å². The molecule has 1 aliphatic carbocycles. The number of rotatable bonds is 2. The van der Waals surface area contributed by atoms with Gasteiger partial charge in [0.15, 0.2) is 0 Å². The molecule has 94 valence electrons. The van der Waals surface area contributed by atoms with Crippen LogP contribution in [-0.2, 0) is 12.8 Å². The summed E-state index contributed by atoms with van der Waals surface area (Å²) in [6.45, 7) is 0. The first-order chi connectivity index (χ1) is 9.26. The molecular formula is C15H14N4. The molecule has 4 nitrogen and oxygen atoms in total. The van der Waals surface area contributed by atoms with Crippen molar-refractivity contribution in [3.63, 3.8) is 0 Å². The fourth-order valence-electron chi connectivity index (χ4n) is 2.52. The Morgan fingerprint density at radius 2 is 1.95 bits per heavy atom. The van der Waals surface area contributed by atoms with E-state index >= 15 is 0 Å². The van der Waals surface area contributed by atoms with E-state index in [4.69, 9.17) is 11.0 Å². The lowest BCUT2D eigenvalue weighted by atomic mass is 10.1. The molecule has 19 heavy (non-hydrogen) atoms. The fourth-order valence-corrected chi connectivity index (χ4v) is 2.52. The summed E-state index contributed by atoms with van der Waals surface area (Å²) in [6.07, 6.45) is 3.51. The number of hydrogen-bond acceptors (Lipinski definition) is 4. The number of nitrogens with one attached hydrogen (secondary N) is 1. The summed E-state index contributed by atoms with van der Waals surface area (Å²) < 4.78 is 0. The number of nitrogens with two attached hydrogens (primary N) is 1. The lowest BCUT2D eigenvalue weighted by molar-refractivity contribution is 0.769. The summed E-state index contributed by atoms with van der Waals surface area (Å²) in [5.41, 5.74) is 9.67. The molecule has 1 aromatic carbocycles. The van der Waals surface area contributed by atoms with Crippen LogP contribution in [0.5, 0.6) is 0 Å². The summed E-state index contributed by atoms with van der Waals surface area (Å²) in [5, 5.41) is 12.2. The third kappa shape index (κ3) is 2.23. The molecule has 0 unspecified atom stereocenters. The highest BCUT2D eigenvalue weighted by Gasteiger charge is 2.21. The van der Waals surface area contributed by atoms with Gasteiger partial charge in [-0.3, -0.25) is 0 Å². The first kappa shape index (κ1) is 11.5.